The van der Waals surface area contributed by atoms with E-state index in [2.05, 4.69) is 17.6 Å². The molecule has 2 aromatic rings. The van der Waals surface area contributed by atoms with Crippen molar-refractivity contribution in [1.29, 1.82) is 0 Å². The fourth-order valence-electron chi connectivity index (χ4n) is 5.83. The second-order valence-electron chi connectivity index (χ2n) is 9.58. The fraction of sp³-hybridized carbons (Fsp3) is 0.414. The highest BCUT2D eigenvalue weighted by molar-refractivity contribution is 5.97. The van der Waals surface area contributed by atoms with E-state index in [1.165, 1.54) is 4.90 Å². The number of carbonyl (C=O) groups is 3. The van der Waals surface area contributed by atoms with Crippen molar-refractivity contribution < 1.29 is 19.5 Å². The molecule has 3 N–H and O–H groups in total. The normalized spacial score (nSPS) is 25.8. The largest absolute Gasteiger partial charge is 0.394 e. The van der Waals surface area contributed by atoms with E-state index in [4.69, 9.17) is 0 Å². The zero-order valence-electron chi connectivity index (χ0n) is 20.8. The van der Waals surface area contributed by atoms with E-state index in [1.807, 2.05) is 72.8 Å². The van der Waals surface area contributed by atoms with Gasteiger partial charge in [0.25, 0.3) is 0 Å². The Morgan fingerprint density at radius 2 is 1.67 bits per heavy atom. The number of benzene rings is 2. The first-order valence-corrected chi connectivity index (χ1v) is 12.7. The number of rotatable bonds is 9. The second-order valence-corrected chi connectivity index (χ2v) is 9.58. The average molecular weight is 490 g/mol. The van der Waals surface area contributed by atoms with Gasteiger partial charge >= 0.3 is 0 Å². The Morgan fingerprint density at radius 1 is 1.00 bits per heavy atom. The lowest BCUT2D eigenvalue weighted by Crippen LogP contribution is -2.49. The van der Waals surface area contributed by atoms with Crippen molar-refractivity contribution in [3.63, 3.8) is 0 Å². The molecule has 7 nitrogen and oxygen atoms in total. The minimum atomic E-state index is -0.838. The van der Waals surface area contributed by atoms with Crippen molar-refractivity contribution in [2.75, 3.05) is 13.7 Å². The van der Waals surface area contributed by atoms with Crippen LogP contribution in [0.4, 0.5) is 0 Å². The molecule has 1 aliphatic carbocycles. The van der Waals surface area contributed by atoms with Crippen LogP contribution in [0.2, 0.25) is 0 Å². The molecule has 0 bridgehead atoms. The van der Waals surface area contributed by atoms with Crippen molar-refractivity contribution >= 4 is 17.7 Å². The molecule has 36 heavy (non-hydrogen) atoms. The Labute approximate surface area is 212 Å². The van der Waals surface area contributed by atoms with Gasteiger partial charge in [-0.15, -0.1) is 0 Å². The molecule has 4 rings (SSSR count). The molecule has 190 valence electrons. The maximum atomic E-state index is 14.1. The molecule has 0 aromatic heterocycles. The first-order chi connectivity index (χ1) is 17.5. The van der Waals surface area contributed by atoms with Crippen molar-refractivity contribution in [2.45, 2.75) is 38.4 Å². The number of hydrogen-bond donors (Lipinski definition) is 3. The molecular formula is C29H35N3O4. The van der Waals surface area contributed by atoms with Crippen molar-refractivity contribution in [3.05, 3.63) is 83.9 Å². The second kappa shape index (κ2) is 11.5. The molecule has 0 saturated carbocycles. The van der Waals surface area contributed by atoms with Gasteiger partial charge in [0, 0.05) is 19.5 Å². The van der Waals surface area contributed by atoms with Crippen LogP contribution in [0.1, 0.15) is 36.9 Å². The molecule has 0 radical (unpaired) electrons. The van der Waals surface area contributed by atoms with Gasteiger partial charge in [0.1, 0.15) is 6.04 Å². The molecule has 6 atom stereocenters. The summed E-state index contributed by atoms with van der Waals surface area (Å²) >= 11 is 0. The number of amides is 3. The van der Waals surface area contributed by atoms with E-state index < -0.39 is 29.8 Å². The molecule has 1 saturated heterocycles. The molecule has 7 heteroatoms. The molecule has 2 aliphatic rings. The third-order valence-electron chi connectivity index (χ3n) is 7.49. The van der Waals surface area contributed by atoms with E-state index in [0.717, 1.165) is 24.0 Å². The molecule has 0 spiro atoms. The SMILES string of the molecule is CCC[C@@H]1C=C[C@H]2[C@H](C(=O)N([C@H](CO)c3ccccc3)[C@@H]2C(=O)NCc2ccccc2)[C@@H]1C(=O)NC. The van der Waals surface area contributed by atoms with Gasteiger partial charge in [-0.05, 0) is 23.5 Å². The summed E-state index contributed by atoms with van der Waals surface area (Å²) in [6, 6.07) is 17.3. The van der Waals surface area contributed by atoms with Crippen LogP contribution in [0, 0.1) is 23.7 Å². The quantitative estimate of drug-likeness (QED) is 0.472. The number of hydrogen-bond acceptors (Lipinski definition) is 4. The summed E-state index contributed by atoms with van der Waals surface area (Å²) in [5.41, 5.74) is 1.70. The Morgan fingerprint density at radius 3 is 2.28 bits per heavy atom. The average Bonchev–Trinajstić information content (AvgIpc) is 3.20. The summed E-state index contributed by atoms with van der Waals surface area (Å²) < 4.78 is 0. The molecule has 0 unspecified atom stereocenters. The highest BCUT2D eigenvalue weighted by atomic mass is 16.3. The Kier molecular flexibility index (Phi) is 8.21. The van der Waals surface area contributed by atoms with Crippen LogP contribution in [0.3, 0.4) is 0 Å². The van der Waals surface area contributed by atoms with Crippen LogP contribution in [0.15, 0.2) is 72.8 Å². The number of nitrogens with zero attached hydrogens (tertiary/aromatic N) is 1. The molecule has 1 fully saturated rings. The van der Waals surface area contributed by atoms with Crippen LogP contribution >= 0.6 is 0 Å². The lowest BCUT2D eigenvalue weighted by molar-refractivity contribution is -0.143. The van der Waals surface area contributed by atoms with Gasteiger partial charge in [-0.3, -0.25) is 14.4 Å². The predicted octanol–water partition coefficient (Wildman–Crippen LogP) is 2.83. The zero-order chi connectivity index (χ0) is 25.7. The predicted molar refractivity (Wildman–Crippen MR) is 137 cm³/mol. The minimum Gasteiger partial charge on any atom is -0.394 e. The van der Waals surface area contributed by atoms with Gasteiger partial charge in [0.15, 0.2) is 0 Å². The first kappa shape index (κ1) is 25.6. The van der Waals surface area contributed by atoms with E-state index >= 15 is 0 Å². The first-order valence-electron chi connectivity index (χ1n) is 12.7. The maximum Gasteiger partial charge on any atom is 0.243 e. The van der Waals surface area contributed by atoms with Gasteiger partial charge in [-0.2, -0.15) is 0 Å². The Bertz CT molecular complexity index is 1090. The van der Waals surface area contributed by atoms with Gasteiger partial charge in [-0.25, -0.2) is 0 Å². The third kappa shape index (κ3) is 4.93. The number of aliphatic hydroxyl groups excluding tert-OH is 1. The zero-order valence-corrected chi connectivity index (χ0v) is 20.8. The van der Waals surface area contributed by atoms with Crippen molar-refractivity contribution in [1.82, 2.24) is 15.5 Å². The van der Waals surface area contributed by atoms with Crippen LogP contribution in [-0.2, 0) is 20.9 Å². The highest BCUT2D eigenvalue weighted by Crippen LogP contribution is 2.47. The van der Waals surface area contributed by atoms with Crippen molar-refractivity contribution in [2.24, 2.45) is 23.7 Å². The summed E-state index contributed by atoms with van der Waals surface area (Å²) in [6.07, 6.45) is 5.62. The maximum absolute atomic E-state index is 14.1. The van der Waals surface area contributed by atoms with Crippen LogP contribution < -0.4 is 10.6 Å². The van der Waals surface area contributed by atoms with Crippen LogP contribution in [0.5, 0.6) is 0 Å². The summed E-state index contributed by atoms with van der Waals surface area (Å²) in [5.74, 6) is -2.53. The number of nitrogens with one attached hydrogen (secondary N) is 2. The summed E-state index contributed by atoms with van der Waals surface area (Å²) in [4.78, 5) is 42.4. The number of carbonyl (C=O) groups excluding carboxylic acids is 3. The van der Waals surface area contributed by atoms with Gasteiger partial charge < -0.3 is 20.6 Å². The minimum absolute atomic E-state index is 0.0857. The number of likely N-dealkylation sites (tertiary alicyclic amines) is 1. The molecule has 2 aromatic carbocycles. The molecule has 3 amide bonds. The number of allylic oxidation sites excluding steroid dienone is 1. The van der Waals surface area contributed by atoms with Gasteiger partial charge in [-0.1, -0.05) is 86.2 Å². The number of fused-ring (bicyclic) bond motifs is 1. The van der Waals surface area contributed by atoms with Crippen molar-refractivity contribution in [3.8, 4) is 0 Å². The van der Waals surface area contributed by atoms with Crippen LogP contribution in [-0.4, -0.2) is 47.4 Å². The van der Waals surface area contributed by atoms with E-state index in [9.17, 15) is 19.5 Å². The topological polar surface area (TPSA) is 98.7 Å². The van der Waals surface area contributed by atoms with Gasteiger partial charge in [0.2, 0.25) is 17.7 Å². The molecular weight excluding hydrogens is 454 g/mol. The number of aliphatic hydroxyl groups is 1. The fourth-order valence-corrected chi connectivity index (χ4v) is 5.83. The molecule has 1 aliphatic heterocycles. The summed E-state index contributed by atoms with van der Waals surface area (Å²) in [5, 5.41) is 16.2. The summed E-state index contributed by atoms with van der Waals surface area (Å²) in [6.45, 7) is 2.05. The Balaban J connectivity index is 1.74. The lowest BCUT2D eigenvalue weighted by atomic mass is 9.68. The monoisotopic (exact) mass is 489 g/mol. The summed E-state index contributed by atoms with van der Waals surface area (Å²) in [7, 11) is 1.58. The van der Waals surface area contributed by atoms with E-state index in [1.54, 1.807) is 7.05 Å². The molecule has 1 heterocycles. The Hall–Kier alpha value is -3.45. The van der Waals surface area contributed by atoms with E-state index in [-0.39, 0.29) is 30.2 Å². The smallest absolute Gasteiger partial charge is 0.243 e. The van der Waals surface area contributed by atoms with Crippen LogP contribution in [0.25, 0.3) is 0 Å². The highest BCUT2D eigenvalue weighted by Gasteiger charge is 2.58. The lowest BCUT2D eigenvalue weighted by Gasteiger charge is -2.34. The van der Waals surface area contributed by atoms with E-state index in [0.29, 0.717) is 6.54 Å². The standard InChI is InChI=1S/C29H35N3O4/c1-3-10-21-15-16-22-25(24(21)27(34)30-2)29(36)32(23(18-33)20-13-8-5-9-14-20)26(22)28(35)31-17-19-11-6-4-7-12-19/h4-9,11-16,21-26,33H,3,10,17-18H2,1-2H3,(H,30,34)(H,31,35)/t21-,22+,23-,24-,25+,26+/m1/s1. The van der Waals surface area contributed by atoms with Gasteiger partial charge in [0.05, 0.1) is 24.5 Å². The third-order valence-corrected chi connectivity index (χ3v) is 7.49.